The van der Waals surface area contributed by atoms with Crippen molar-refractivity contribution < 1.29 is 0 Å². The summed E-state index contributed by atoms with van der Waals surface area (Å²) in [6.07, 6.45) is 3.89. The van der Waals surface area contributed by atoms with E-state index >= 15 is 0 Å². The maximum Gasteiger partial charge on any atom is 0.145 e. The lowest BCUT2D eigenvalue weighted by molar-refractivity contribution is 0.563. The molecule has 0 radical (unpaired) electrons. The van der Waals surface area contributed by atoms with Gasteiger partial charge in [-0.25, -0.2) is 9.97 Å². The number of hydrogen-bond donors (Lipinski definition) is 0. The van der Waals surface area contributed by atoms with E-state index < -0.39 is 0 Å². The molecular weight excluding hydrogens is 1690 g/mol. The molecule has 2 aromatic heterocycles. The van der Waals surface area contributed by atoms with Crippen LogP contribution in [-0.4, -0.2) is 42.9 Å². The average Bonchev–Trinajstić information content (AvgIpc) is 1.10. The van der Waals surface area contributed by atoms with Crippen LogP contribution in [0.5, 0.6) is 0 Å². The summed E-state index contributed by atoms with van der Waals surface area (Å²) in [5.74, 6) is 2.91. The molecule has 0 bridgehead atoms. The number of aliphatic imine (C=N–C) groups is 1. The third kappa shape index (κ3) is 15.1. The Bertz CT molecular complexity index is 9330. The Morgan fingerprint density at radius 1 is 0.229 bits per heavy atom. The first-order chi connectivity index (χ1) is 69.3. The zero-order valence-electron chi connectivity index (χ0n) is 77.2. The van der Waals surface area contributed by atoms with Crippen molar-refractivity contribution in [2.24, 2.45) is 4.99 Å². The van der Waals surface area contributed by atoms with Crippen molar-refractivity contribution in [1.29, 1.82) is 0 Å². The van der Waals surface area contributed by atoms with Crippen LogP contribution in [0.2, 0.25) is 0 Å². The van der Waals surface area contributed by atoms with Crippen molar-refractivity contribution in [3.63, 3.8) is 0 Å². The number of aromatic nitrogens is 4. The summed E-state index contributed by atoms with van der Waals surface area (Å²) in [6, 6.07) is 178. The summed E-state index contributed by atoms with van der Waals surface area (Å²) >= 11 is 0. The van der Waals surface area contributed by atoms with Crippen molar-refractivity contribution >= 4 is 136 Å². The van der Waals surface area contributed by atoms with Crippen molar-refractivity contribution in [2.75, 3.05) is 13.1 Å². The predicted molar refractivity (Wildman–Crippen MR) is 595 cm³/mol. The standard InChI is InChI=1S/C48H36N2.2C43H28N2/c1-3-10-32(2)50-28-27-49-48(50)36-21-17-35(18-22-36)39-25-26-44-45(31-39)47(41-24-20-34-12-5-7-14-38(34)30-41)43-16-9-8-15-42(43)46(44)40-23-19-33-11-4-6-13-37(33)29-40;1-2-14-34(15-3-1)45-40-21-11-10-20-39(40)44-43(45)31-25-23-30(24-26-31)41-35-16-6-8-18-37(35)42(38-19-9-7-17-36(38)41)33-27-22-29-12-4-5-13-32(29)28-33;1-2-13-31(14-3-1)43-44-39-20-10-11-21-40(39)45(43)34-26-24-30(25-27-34)41-35-16-6-8-18-37(35)42(38-19-9-7-17-36(38)41)33-23-22-29-12-4-5-15-32(29)28-33/h3-26,29-31H,1,27-28H2,2H3;2*1-28H/b32-10+;;. The molecule has 658 valence electrons. The largest absolute Gasteiger partial charge is 0.328 e. The highest BCUT2D eigenvalue weighted by Gasteiger charge is 2.26. The molecule has 6 heteroatoms. The average molecular weight is 1790 g/mol. The van der Waals surface area contributed by atoms with Crippen LogP contribution in [0.1, 0.15) is 12.5 Å². The van der Waals surface area contributed by atoms with E-state index in [2.05, 4.69) is 513 Å². The van der Waals surface area contributed by atoms with Crippen LogP contribution < -0.4 is 0 Å². The molecule has 26 aromatic rings. The van der Waals surface area contributed by atoms with E-state index in [1.54, 1.807) is 0 Å². The van der Waals surface area contributed by atoms with Crippen LogP contribution in [0, 0.1) is 0 Å². The maximum absolute atomic E-state index is 5.09. The molecule has 27 rings (SSSR count). The smallest absolute Gasteiger partial charge is 0.145 e. The van der Waals surface area contributed by atoms with Gasteiger partial charge in [0.05, 0.1) is 28.6 Å². The molecule has 0 unspecified atom stereocenters. The molecular formula is C134H92N6. The van der Waals surface area contributed by atoms with E-state index in [4.69, 9.17) is 15.0 Å². The Hall–Kier alpha value is -18.2. The van der Waals surface area contributed by atoms with Gasteiger partial charge in [-0.2, -0.15) is 0 Å². The molecule has 0 aliphatic carbocycles. The second-order valence-corrected chi connectivity index (χ2v) is 36.3. The SMILES string of the molecule is C=C/C=C(\C)N1CCN=C1c1ccc(-c2ccc3c(-c4ccc5ccccc5c4)c4ccccc4c(-c4ccc5ccccc5c4)c3c2)cc1.c1ccc(-c2nc3ccccc3n2-c2ccc(-c3c4ccccc4c(-c4ccc5ccccc5c4)c4ccccc34)cc2)cc1.c1ccc(-n2c(-c3ccc(-c4c5ccccc5c(-c5ccc6ccccc6c5)c5ccccc45)cc3)nc3ccccc32)cc1. The lowest BCUT2D eigenvalue weighted by Crippen LogP contribution is -2.26. The lowest BCUT2D eigenvalue weighted by Gasteiger charge is -2.21. The minimum atomic E-state index is 0.801. The lowest BCUT2D eigenvalue weighted by atomic mass is 9.84. The van der Waals surface area contributed by atoms with E-state index in [0.717, 1.165) is 86.4 Å². The summed E-state index contributed by atoms with van der Waals surface area (Å²) in [5, 5.41) is 25.1. The molecule has 0 saturated heterocycles. The fraction of sp³-hybridized carbons (Fsp3) is 0.0224. The van der Waals surface area contributed by atoms with Gasteiger partial charge in [0.25, 0.3) is 0 Å². The first-order valence-corrected chi connectivity index (χ1v) is 48.1. The number of nitrogens with zero attached hydrogens (tertiary/aromatic N) is 6. The van der Waals surface area contributed by atoms with Crippen LogP contribution in [0.4, 0.5) is 0 Å². The zero-order valence-corrected chi connectivity index (χ0v) is 77.2. The minimum Gasteiger partial charge on any atom is -0.328 e. The number of rotatable bonds is 14. The van der Waals surface area contributed by atoms with Gasteiger partial charge in [-0.15, -0.1) is 0 Å². The normalized spacial score (nSPS) is 12.2. The van der Waals surface area contributed by atoms with Gasteiger partial charge in [-0.1, -0.05) is 425 Å². The van der Waals surface area contributed by atoms with Gasteiger partial charge in [0.15, 0.2) is 0 Å². The number of para-hydroxylation sites is 5. The molecule has 0 spiro atoms. The second-order valence-electron chi connectivity index (χ2n) is 36.3. The topological polar surface area (TPSA) is 51.2 Å². The zero-order chi connectivity index (χ0) is 93.1. The molecule has 24 aromatic carbocycles. The second kappa shape index (κ2) is 35.9. The molecule has 3 heterocycles. The monoisotopic (exact) mass is 1780 g/mol. The van der Waals surface area contributed by atoms with E-state index in [9.17, 15) is 0 Å². The van der Waals surface area contributed by atoms with Crippen LogP contribution in [0.3, 0.4) is 0 Å². The number of amidine groups is 1. The van der Waals surface area contributed by atoms with Crippen LogP contribution in [0.25, 0.3) is 242 Å². The number of imidazole rings is 2. The third-order valence-corrected chi connectivity index (χ3v) is 28.2. The van der Waals surface area contributed by atoms with Crippen molar-refractivity contribution in [3.05, 3.63) is 521 Å². The van der Waals surface area contributed by atoms with Crippen molar-refractivity contribution in [3.8, 4) is 112 Å². The van der Waals surface area contributed by atoms with Gasteiger partial charge in [-0.3, -0.25) is 14.1 Å². The fourth-order valence-corrected chi connectivity index (χ4v) is 21.7. The van der Waals surface area contributed by atoms with E-state index in [1.165, 1.54) is 186 Å². The highest BCUT2D eigenvalue weighted by molar-refractivity contribution is 6.26. The molecule has 140 heavy (non-hydrogen) atoms. The van der Waals surface area contributed by atoms with E-state index in [-0.39, 0.29) is 0 Å². The molecule has 1 aliphatic rings. The maximum atomic E-state index is 5.09. The number of allylic oxidation sites excluding steroid dienone is 3. The van der Waals surface area contributed by atoms with Crippen molar-refractivity contribution in [1.82, 2.24) is 24.0 Å². The Labute approximate surface area is 812 Å². The predicted octanol–water partition coefficient (Wildman–Crippen LogP) is 35.4. The summed E-state index contributed by atoms with van der Waals surface area (Å²) in [4.78, 5) is 17.3. The summed E-state index contributed by atoms with van der Waals surface area (Å²) in [7, 11) is 0. The van der Waals surface area contributed by atoms with Gasteiger partial charge in [0.1, 0.15) is 17.5 Å². The van der Waals surface area contributed by atoms with Crippen LogP contribution in [0.15, 0.2) is 521 Å². The number of benzene rings is 24. The van der Waals surface area contributed by atoms with Crippen LogP contribution >= 0.6 is 0 Å². The first-order valence-electron chi connectivity index (χ1n) is 48.1. The van der Waals surface area contributed by atoms with Gasteiger partial charge in [0, 0.05) is 40.3 Å². The Morgan fingerprint density at radius 3 is 0.900 bits per heavy atom. The Morgan fingerprint density at radius 2 is 0.507 bits per heavy atom. The van der Waals surface area contributed by atoms with Crippen molar-refractivity contribution in [2.45, 2.75) is 6.92 Å². The summed E-state index contributed by atoms with van der Waals surface area (Å²) < 4.78 is 4.53. The first kappa shape index (κ1) is 83.6. The van der Waals surface area contributed by atoms with Gasteiger partial charge < -0.3 is 4.90 Å². The fourth-order valence-electron chi connectivity index (χ4n) is 21.7. The third-order valence-electron chi connectivity index (χ3n) is 28.2. The molecule has 0 fully saturated rings. The molecule has 0 N–H and O–H groups in total. The van der Waals surface area contributed by atoms with E-state index in [0.29, 0.717) is 0 Å². The van der Waals surface area contributed by atoms with E-state index in [1.807, 2.05) is 18.2 Å². The Balaban J connectivity index is 0.000000111. The molecule has 6 nitrogen and oxygen atoms in total. The van der Waals surface area contributed by atoms with Crippen LogP contribution in [-0.2, 0) is 0 Å². The highest BCUT2D eigenvalue weighted by atomic mass is 15.2. The molecule has 0 amide bonds. The van der Waals surface area contributed by atoms with Gasteiger partial charge >= 0.3 is 0 Å². The number of fused-ring (bicyclic) bond motifs is 12. The summed E-state index contributed by atoms with van der Waals surface area (Å²) in [5.41, 5.74) is 28.2. The minimum absolute atomic E-state index is 0.801. The summed E-state index contributed by atoms with van der Waals surface area (Å²) in [6.45, 7) is 7.70. The molecule has 0 saturated carbocycles. The molecule has 1 aliphatic heterocycles. The molecule has 0 atom stereocenters. The Kier molecular flexibility index (Phi) is 21.4. The number of hydrogen-bond acceptors (Lipinski definition) is 4. The highest BCUT2D eigenvalue weighted by Crippen LogP contribution is 2.50. The quantitative estimate of drug-likeness (QED) is 0.0805. The van der Waals surface area contributed by atoms with Gasteiger partial charge in [0.2, 0.25) is 0 Å². The van der Waals surface area contributed by atoms with Gasteiger partial charge in [-0.05, 0) is 277 Å².